The van der Waals surface area contributed by atoms with E-state index in [2.05, 4.69) is 11.0 Å². The second-order valence-corrected chi connectivity index (χ2v) is 8.06. The van der Waals surface area contributed by atoms with Crippen LogP contribution in [0.1, 0.15) is 38.5 Å². The molecule has 0 aromatic rings. The summed E-state index contributed by atoms with van der Waals surface area (Å²) >= 11 is 0. The summed E-state index contributed by atoms with van der Waals surface area (Å²) in [6.45, 7) is 1.86. The Kier molecular flexibility index (Phi) is 4.29. The molecule has 0 bridgehead atoms. The van der Waals surface area contributed by atoms with Crippen LogP contribution in [0.4, 0.5) is 0 Å². The average Bonchev–Trinajstić information content (AvgIpc) is 2.38. The quantitative estimate of drug-likeness (QED) is 0.764. The summed E-state index contributed by atoms with van der Waals surface area (Å²) in [5.41, 5.74) is 0. The number of hydrogen-bond acceptors (Lipinski definition) is 4. The van der Waals surface area contributed by atoms with E-state index in [-0.39, 0.29) is 11.2 Å². The number of likely N-dealkylation sites (tertiary alicyclic amines) is 1. The molecule has 102 valence electrons. The Bertz CT molecular complexity index is 427. The lowest BCUT2D eigenvalue weighted by Crippen LogP contribution is -2.46. The summed E-state index contributed by atoms with van der Waals surface area (Å²) in [5.74, 6) is 0.136. The third-order valence-corrected chi connectivity index (χ3v) is 5.99. The van der Waals surface area contributed by atoms with Gasteiger partial charge in [0.25, 0.3) is 0 Å². The molecule has 0 radical (unpaired) electrons. The van der Waals surface area contributed by atoms with Crippen LogP contribution in [-0.2, 0) is 9.84 Å². The molecule has 1 aliphatic carbocycles. The largest absolute Gasteiger partial charge is 0.299 e. The number of hydrogen-bond donors (Lipinski definition) is 0. The molecule has 18 heavy (non-hydrogen) atoms. The molecule has 4 nitrogen and oxygen atoms in total. The van der Waals surface area contributed by atoms with Gasteiger partial charge in [-0.3, -0.25) is 4.90 Å². The number of rotatable bonds is 2. The second kappa shape index (κ2) is 5.58. The van der Waals surface area contributed by atoms with Crippen LogP contribution in [0.2, 0.25) is 0 Å². The molecule has 3 unspecified atom stereocenters. The van der Waals surface area contributed by atoms with Gasteiger partial charge in [0.2, 0.25) is 0 Å². The summed E-state index contributed by atoms with van der Waals surface area (Å²) in [7, 11) is -2.91. The first-order valence-corrected chi connectivity index (χ1v) is 8.78. The molecule has 2 aliphatic rings. The lowest BCUT2D eigenvalue weighted by Gasteiger charge is -2.40. The fourth-order valence-corrected chi connectivity index (χ4v) is 4.45. The van der Waals surface area contributed by atoms with Gasteiger partial charge in [0.15, 0.2) is 0 Å². The van der Waals surface area contributed by atoms with Crippen LogP contribution >= 0.6 is 0 Å². The monoisotopic (exact) mass is 270 g/mol. The Hall–Kier alpha value is -0.600. The standard InChI is InChI=1S/C13H22N2O2S/c1-18(16,17)13-6-2-5-12(8-13)15-7-3-4-11(9-14)10-15/h11-13H,2-8,10H2,1H3. The number of sulfone groups is 1. The molecule has 1 heterocycles. The molecule has 0 spiro atoms. The van der Waals surface area contributed by atoms with Gasteiger partial charge < -0.3 is 0 Å². The molecule has 5 heteroatoms. The van der Waals surface area contributed by atoms with Gasteiger partial charge >= 0.3 is 0 Å². The molecule has 2 fully saturated rings. The van der Waals surface area contributed by atoms with Crippen molar-refractivity contribution in [2.24, 2.45) is 5.92 Å². The van der Waals surface area contributed by atoms with E-state index in [1.807, 2.05) is 0 Å². The third-order valence-electron chi connectivity index (χ3n) is 4.36. The molecular weight excluding hydrogens is 248 g/mol. The third kappa shape index (κ3) is 3.24. The van der Waals surface area contributed by atoms with Gasteiger partial charge in [-0.2, -0.15) is 5.26 Å². The van der Waals surface area contributed by atoms with Gasteiger partial charge in [-0.25, -0.2) is 8.42 Å². The number of nitriles is 1. The first-order chi connectivity index (χ1) is 8.50. The molecule has 3 atom stereocenters. The predicted octanol–water partition coefficient (Wildman–Crippen LogP) is 1.58. The molecule has 2 rings (SSSR count). The lowest BCUT2D eigenvalue weighted by molar-refractivity contribution is 0.114. The van der Waals surface area contributed by atoms with Crippen LogP contribution in [0.25, 0.3) is 0 Å². The van der Waals surface area contributed by atoms with E-state index in [0.29, 0.717) is 6.04 Å². The van der Waals surface area contributed by atoms with Crippen molar-refractivity contribution in [2.45, 2.75) is 49.8 Å². The molecule has 1 aliphatic heterocycles. The maximum atomic E-state index is 11.7. The minimum Gasteiger partial charge on any atom is -0.299 e. The van der Waals surface area contributed by atoms with Crippen molar-refractivity contribution in [1.29, 1.82) is 5.26 Å². The van der Waals surface area contributed by atoms with Gasteiger partial charge in [0.1, 0.15) is 9.84 Å². The predicted molar refractivity (Wildman–Crippen MR) is 70.8 cm³/mol. The van der Waals surface area contributed by atoms with E-state index in [0.717, 1.165) is 51.6 Å². The first kappa shape index (κ1) is 13.8. The molecule has 1 saturated heterocycles. The van der Waals surface area contributed by atoms with E-state index < -0.39 is 9.84 Å². The molecule has 0 aromatic carbocycles. The second-order valence-electron chi connectivity index (χ2n) is 5.74. The minimum absolute atomic E-state index is 0.136. The molecule has 1 saturated carbocycles. The Morgan fingerprint density at radius 3 is 2.67 bits per heavy atom. The highest BCUT2D eigenvalue weighted by Gasteiger charge is 2.33. The molecule has 0 amide bonds. The van der Waals surface area contributed by atoms with Gasteiger partial charge in [-0.05, 0) is 38.6 Å². The van der Waals surface area contributed by atoms with Crippen molar-refractivity contribution in [1.82, 2.24) is 4.90 Å². The van der Waals surface area contributed by atoms with Gasteiger partial charge in [0, 0.05) is 18.8 Å². The highest BCUT2D eigenvalue weighted by atomic mass is 32.2. The van der Waals surface area contributed by atoms with E-state index in [4.69, 9.17) is 5.26 Å². The maximum absolute atomic E-state index is 11.7. The van der Waals surface area contributed by atoms with Crippen LogP contribution < -0.4 is 0 Å². The average molecular weight is 270 g/mol. The van der Waals surface area contributed by atoms with Crippen molar-refractivity contribution in [2.75, 3.05) is 19.3 Å². The van der Waals surface area contributed by atoms with Gasteiger partial charge in [0.05, 0.1) is 17.2 Å². The van der Waals surface area contributed by atoms with E-state index in [1.54, 1.807) is 0 Å². The van der Waals surface area contributed by atoms with Crippen LogP contribution in [-0.4, -0.2) is 44.0 Å². The Morgan fingerprint density at radius 2 is 2.00 bits per heavy atom. The number of piperidine rings is 1. The van der Waals surface area contributed by atoms with Crippen molar-refractivity contribution < 1.29 is 8.42 Å². The van der Waals surface area contributed by atoms with Gasteiger partial charge in [-0.1, -0.05) is 6.42 Å². The summed E-state index contributed by atoms with van der Waals surface area (Å²) < 4.78 is 23.3. The Labute approximate surface area is 110 Å². The topological polar surface area (TPSA) is 61.2 Å². The van der Waals surface area contributed by atoms with Crippen molar-refractivity contribution >= 4 is 9.84 Å². The lowest BCUT2D eigenvalue weighted by atomic mass is 9.90. The van der Waals surface area contributed by atoms with Crippen LogP contribution in [0, 0.1) is 17.2 Å². The van der Waals surface area contributed by atoms with Crippen LogP contribution in [0.15, 0.2) is 0 Å². The van der Waals surface area contributed by atoms with Crippen molar-refractivity contribution in [3.8, 4) is 6.07 Å². The summed E-state index contributed by atoms with van der Waals surface area (Å²) in [5, 5.41) is 8.85. The Morgan fingerprint density at radius 1 is 1.22 bits per heavy atom. The highest BCUT2D eigenvalue weighted by Crippen LogP contribution is 2.30. The molecule has 0 aromatic heterocycles. The first-order valence-electron chi connectivity index (χ1n) is 6.83. The van der Waals surface area contributed by atoms with Crippen molar-refractivity contribution in [3.63, 3.8) is 0 Å². The zero-order chi connectivity index (χ0) is 13.2. The summed E-state index contributed by atoms with van der Waals surface area (Å²) in [6.07, 6.45) is 7.07. The number of nitrogens with zero attached hydrogens (tertiary/aromatic N) is 2. The minimum atomic E-state index is -2.91. The maximum Gasteiger partial charge on any atom is 0.150 e. The normalized spacial score (nSPS) is 35.0. The van der Waals surface area contributed by atoms with E-state index in [9.17, 15) is 8.42 Å². The Balaban J connectivity index is 1.99. The van der Waals surface area contributed by atoms with Crippen LogP contribution in [0.3, 0.4) is 0 Å². The molecule has 0 N–H and O–H groups in total. The SMILES string of the molecule is CS(=O)(=O)C1CCCC(N2CCCC(C#N)C2)C1. The smallest absolute Gasteiger partial charge is 0.150 e. The van der Waals surface area contributed by atoms with Crippen LogP contribution in [0.5, 0.6) is 0 Å². The summed E-state index contributed by atoms with van der Waals surface area (Å²) in [6, 6.07) is 2.72. The molecular formula is C13H22N2O2S. The van der Waals surface area contributed by atoms with E-state index >= 15 is 0 Å². The highest BCUT2D eigenvalue weighted by molar-refractivity contribution is 7.91. The fourth-order valence-electron chi connectivity index (χ4n) is 3.28. The van der Waals surface area contributed by atoms with Gasteiger partial charge in [-0.15, -0.1) is 0 Å². The zero-order valence-corrected chi connectivity index (χ0v) is 11.8. The van der Waals surface area contributed by atoms with Crippen molar-refractivity contribution in [3.05, 3.63) is 0 Å². The zero-order valence-electron chi connectivity index (χ0n) is 11.0. The fraction of sp³-hybridized carbons (Fsp3) is 0.923. The summed E-state index contributed by atoms with van der Waals surface area (Å²) in [4.78, 5) is 2.36. The van der Waals surface area contributed by atoms with E-state index in [1.165, 1.54) is 6.26 Å².